The van der Waals surface area contributed by atoms with Gasteiger partial charge in [0.1, 0.15) is 5.75 Å². The summed E-state index contributed by atoms with van der Waals surface area (Å²) in [4.78, 5) is 13.9. The average molecular weight is 272 g/mol. The highest BCUT2D eigenvalue weighted by Crippen LogP contribution is 2.20. The number of likely N-dealkylation sites (tertiary alicyclic amines) is 1. The highest BCUT2D eigenvalue weighted by atomic mass is 16.5. The van der Waals surface area contributed by atoms with Gasteiger partial charge in [0, 0.05) is 19.0 Å². The van der Waals surface area contributed by atoms with E-state index in [1.54, 1.807) is 4.90 Å². The molecule has 106 valence electrons. The van der Waals surface area contributed by atoms with E-state index in [2.05, 4.69) is 6.07 Å². The van der Waals surface area contributed by atoms with Crippen LogP contribution in [0, 0.1) is 31.1 Å². The van der Waals surface area contributed by atoms with Crippen molar-refractivity contribution in [3.8, 4) is 11.8 Å². The molecule has 0 saturated carbocycles. The normalized spacial score (nSPS) is 15.8. The molecule has 1 aromatic carbocycles. The van der Waals surface area contributed by atoms with Crippen molar-refractivity contribution in [2.45, 2.75) is 26.7 Å². The summed E-state index contributed by atoms with van der Waals surface area (Å²) in [6, 6.07) is 8.18. The van der Waals surface area contributed by atoms with Crippen LogP contribution in [0.4, 0.5) is 0 Å². The van der Waals surface area contributed by atoms with Crippen LogP contribution < -0.4 is 4.74 Å². The van der Waals surface area contributed by atoms with Gasteiger partial charge in [-0.15, -0.1) is 0 Å². The Kier molecular flexibility index (Phi) is 4.62. The standard InChI is InChI=1S/C16H20N2O2/c1-12-3-4-15(13(2)9-12)20-11-16(19)18-7-5-14(10-17)6-8-18/h3-4,9,14H,5-8,11H2,1-2H3. The molecule has 1 saturated heterocycles. The molecule has 0 aliphatic carbocycles. The van der Waals surface area contributed by atoms with Gasteiger partial charge in [0.05, 0.1) is 6.07 Å². The summed E-state index contributed by atoms with van der Waals surface area (Å²) in [5.74, 6) is 0.858. The Bertz CT molecular complexity index is 526. The lowest BCUT2D eigenvalue weighted by Gasteiger charge is -2.29. The van der Waals surface area contributed by atoms with Gasteiger partial charge in [0.2, 0.25) is 0 Å². The maximum Gasteiger partial charge on any atom is 0.260 e. The van der Waals surface area contributed by atoms with Gasteiger partial charge in [-0.05, 0) is 38.3 Å². The third-order valence-corrected chi connectivity index (χ3v) is 3.71. The zero-order valence-corrected chi connectivity index (χ0v) is 12.1. The Morgan fingerprint density at radius 3 is 2.70 bits per heavy atom. The van der Waals surface area contributed by atoms with E-state index in [0.717, 1.165) is 24.2 Å². The average Bonchev–Trinajstić information content (AvgIpc) is 2.46. The summed E-state index contributed by atoms with van der Waals surface area (Å²) in [6.45, 7) is 5.40. The van der Waals surface area contributed by atoms with Crippen LogP contribution in [0.1, 0.15) is 24.0 Å². The first-order valence-electron chi connectivity index (χ1n) is 6.97. The molecule has 0 aromatic heterocycles. The van der Waals surface area contributed by atoms with E-state index in [-0.39, 0.29) is 18.4 Å². The Labute approximate surface area is 120 Å². The van der Waals surface area contributed by atoms with Crippen molar-refractivity contribution < 1.29 is 9.53 Å². The predicted octanol–water partition coefficient (Wildman–Crippen LogP) is 2.44. The highest BCUT2D eigenvalue weighted by Gasteiger charge is 2.22. The van der Waals surface area contributed by atoms with Gasteiger partial charge in [-0.2, -0.15) is 5.26 Å². The quantitative estimate of drug-likeness (QED) is 0.849. The third kappa shape index (κ3) is 3.51. The molecule has 1 heterocycles. The van der Waals surface area contributed by atoms with Crippen LogP contribution in [0.2, 0.25) is 0 Å². The number of nitriles is 1. The van der Waals surface area contributed by atoms with Crippen molar-refractivity contribution in [2.75, 3.05) is 19.7 Å². The van der Waals surface area contributed by atoms with Crippen molar-refractivity contribution in [2.24, 2.45) is 5.92 Å². The smallest absolute Gasteiger partial charge is 0.260 e. The number of rotatable bonds is 3. The van der Waals surface area contributed by atoms with Gasteiger partial charge in [-0.3, -0.25) is 4.79 Å². The molecule has 1 amide bonds. The van der Waals surface area contributed by atoms with Crippen molar-refractivity contribution in [3.63, 3.8) is 0 Å². The molecule has 0 bridgehead atoms. The SMILES string of the molecule is Cc1ccc(OCC(=O)N2CCC(C#N)CC2)c(C)c1. The highest BCUT2D eigenvalue weighted by molar-refractivity contribution is 5.77. The van der Waals surface area contributed by atoms with Gasteiger partial charge in [0.25, 0.3) is 5.91 Å². The lowest BCUT2D eigenvalue weighted by molar-refractivity contribution is -0.134. The van der Waals surface area contributed by atoms with Gasteiger partial charge in [-0.25, -0.2) is 0 Å². The number of piperidine rings is 1. The molecular formula is C16H20N2O2. The van der Waals surface area contributed by atoms with Gasteiger partial charge in [0.15, 0.2) is 6.61 Å². The number of carbonyl (C=O) groups excluding carboxylic acids is 1. The maximum absolute atomic E-state index is 12.1. The molecule has 0 N–H and O–H groups in total. The maximum atomic E-state index is 12.1. The molecule has 1 aliphatic rings. The lowest BCUT2D eigenvalue weighted by Crippen LogP contribution is -2.40. The first-order valence-corrected chi connectivity index (χ1v) is 6.97. The number of hydrogen-bond acceptors (Lipinski definition) is 3. The van der Waals surface area contributed by atoms with E-state index >= 15 is 0 Å². The zero-order chi connectivity index (χ0) is 14.5. The summed E-state index contributed by atoms with van der Waals surface area (Å²) in [6.07, 6.45) is 1.54. The van der Waals surface area contributed by atoms with Crippen LogP contribution >= 0.6 is 0 Å². The lowest BCUT2D eigenvalue weighted by atomic mass is 9.99. The topological polar surface area (TPSA) is 53.3 Å². The fourth-order valence-corrected chi connectivity index (χ4v) is 2.45. The molecule has 0 atom stereocenters. The van der Waals surface area contributed by atoms with Crippen molar-refractivity contribution >= 4 is 5.91 Å². The minimum absolute atomic E-state index is 0.00126. The van der Waals surface area contributed by atoms with E-state index in [1.165, 1.54) is 5.56 Å². The number of amides is 1. The van der Waals surface area contributed by atoms with E-state index < -0.39 is 0 Å². The Morgan fingerprint density at radius 1 is 1.40 bits per heavy atom. The van der Waals surface area contributed by atoms with Crippen molar-refractivity contribution in [3.05, 3.63) is 29.3 Å². The Balaban J connectivity index is 1.85. The van der Waals surface area contributed by atoms with Crippen LogP contribution in [0.3, 0.4) is 0 Å². The van der Waals surface area contributed by atoms with E-state index in [0.29, 0.717) is 13.1 Å². The molecule has 4 nitrogen and oxygen atoms in total. The van der Waals surface area contributed by atoms with Crippen LogP contribution in [-0.2, 0) is 4.79 Å². The number of aryl methyl sites for hydroxylation is 2. The van der Waals surface area contributed by atoms with E-state index in [9.17, 15) is 4.79 Å². The fourth-order valence-electron chi connectivity index (χ4n) is 2.45. The van der Waals surface area contributed by atoms with Gasteiger partial charge >= 0.3 is 0 Å². The minimum atomic E-state index is 0.00126. The first kappa shape index (κ1) is 14.4. The molecule has 1 fully saturated rings. The van der Waals surface area contributed by atoms with Crippen molar-refractivity contribution in [1.82, 2.24) is 4.90 Å². The molecule has 1 aliphatic heterocycles. The molecule has 4 heteroatoms. The van der Waals surface area contributed by atoms with Crippen LogP contribution in [0.15, 0.2) is 18.2 Å². The molecule has 0 unspecified atom stereocenters. The minimum Gasteiger partial charge on any atom is -0.484 e. The molecule has 20 heavy (non-hydrogen) atoms. The van der Waals surface area contributed by atoms with Crippen molar-refractivity contribution in [1.29, 1.82) is 5.26 Å². The van der Waals surface area contributed by atoms with Crippen LogP contribution in [0.25, 0.3) is 0 Å². The molecule has 0 spiro atoms. The second-order valence-electron chi connectivity index (χ2n) is 5.34. The summed E-state index contributed by atoms with van der Waals surface area (Å²) in [5.41, 5.74) is 2.22. The van der Waals surface area contributed by atoms with E-state index in [4.69, 9.17) is 10.00 Å². The number of benzene rings is 1. The number of ether oxygens (including phenoxy) is 1. The number of hydrogen-bond donors (Lipinski definition) is 0. The number of nitrogens with zero attached hydrogens (tertiary/aromatic N) is 2. The fraction of sp³-hybridized carbons (Fsp3) is 0.500. The summed E-state index contributed by atoms with van der Waals surface area (Å²) in [5, 5.41) is 8.84. The largest absolute Gasteiger partial charge is 0.484 e. The molecule has 2 rings (SSSR count). The summed E-state index contributed by atoms with van der Waals surface area (Å²) >= 11 is 0. The second kappa shape index (κ2) is 6.42. The third-order valence-electron chi connectivity index (χ3n) is 3.71. The predicted molar refractivity (Wildman–Crippen MR) is 76.3 cm³/mol. The molecule has 1 aromatic rings. The Morgan fingerprint density at radius 2 is 2.10 bits per heavy atom. The Hall–Kier alpha value is -2.02. The molecular weight excluding hydrogens is 252 g/mol. The zero-order valence-electron chi connectivity index (χ0n) is 12.1. The second-order valence-corrected chi connectivity index (χ2v) is 5.34. The molecule has 0 radical (unpaired) electrons. The van der Waals surface area contributed by atoms with Crippen LogP contribution in [0.5, 0.6) is 5.75 Å². The van der Waals surface area contributed by atoms with E-state index in [1.807, 2.05) is 32.0 Å². The van der Waals surface area contributed by atoms with Gasteiger partial charge < -0.3 is 9.64 Å². The summed E-state index contributed by atoms with van der Waals surface area (Å²) < 4.78 is 5.60. The van der Waals surface area contributed by atoms with Crippen LogP contribution in [-0.4, -0.2) is 30.5 Å². The summed E-state index contributed by atoms with van der Waals surface area (Å²) in [7, 11) is 0. The number of carbonyl (C=O) groups is 1. The van der Waals surface area contributed by atoms with Gasteiger partial charge in [-0.1, -0.05) is 17.7 Å². The monoisotopic (exact) mass is 272 g/mol. The first-order chi connectivity index (χ1) is 9.60.